The van der Waals surface area contributed by atoms with Crippen molar-refractivity contribution >= 4 is 43.0 Å². The number of sulfone groups is 1. The van der Waals surface area contributed by atoms with Gasteiger partial charge in [-0.3, -0.25) is 14.3 Å². The summed E-state index contributed by atoms with van der Waals surface area (Å²) < 4.78 is 48.2. The van der Waals surface area contributed by atoms with Crippen LogP contribution >= 0.6 is 0 Å². The molecule has 2 aliphatic heterocycles. The topological polar surface area (TPSA) is 130 Å². The molecule has 148 valence electrons. The van der Waals surface area contributed by atoms with Gasteiger partial charge in [0.25, 0.3) is 0 Å². The van der Waals surface area contributed by atoms with Gasteiger partial charge in [-0.05, 0) is 24.6 Å². The molecule has 0 radical (unpaired) electrons. The summed E-state index contributed by atoms with van der Waals surface area (Å²) in [5, 5.41) is 2.69. The fraction of sp³-hybridized carbons (Fsp3) is 0.500. The average molecular weight is 415 g/mol. The van der Waals surface area contributed by atoms with E-state index in [1.807, 2.05) is 0 Å². The van der Waals surface area contributed by atoms with E-state index in [0.717, 1.165) is 6.26 Å². The van der Waals surface area contributed by atoms with Crippen LogP contribution in [0.3, 0.4) is 0 Å². The molecule has 2 atom stereocenters. The molecule has 0 saturated carbocycles. The third kappa shape index (κ3) is 4.98. The Bertz CT molecular complexity index is 974. The van der Waals surface area contributed by atoms with E-state index in [1.54, 1.807) is 18.2 Å². The third-order valence-corrected chi connectivity index (χ3v) is 6.97. The summed E-state index contributed by atoms with van der Waals surface area (Å²) in [5.41, 5.74) is 0.721. The monoisotopic (exact) mass is 415 g/mol. The fourth-order valence-corrected chi connectivity index (χ4v) is 5.69. The van der Waals surface area contributed by atoms with Crippen molar-refractivity contribution in [2.24, 2.45) is 5.92 Å². The van der Waals surface area contributed by atoms with Gasteiger partial charge in [0.15, 0.2) is 9.84 Å². The number of carbonyl (C=O) groups excluding carboxylic acids is 2. The molecule has 2 aliphatic rings. The number of sulfonamides is 1. The summed E-state index contributed by atoms with van der Waals surface area (Å²) >= 11 is 0. The molecule has 0 bridgehead atoms. The van der Waals surface area contributed by atoms with Crippen LogP contribution < -0.4 is 10.0 Å². The molecule has 3 rings (SSSR count). The number of likely N-dealkylation sites (tertiary alicyclic amines) is 1. The van der Waals surface area contributed by atoms with Gasteiger partial charge in [0.05, 0.1) is 29.4 Å². The lowest BCUT2D eigenvalue weighted by Crippen LogP contribution is -2.38. The molecule has 11 heteroatoms. The van der Waals surface area contributed by atoms with E-state index in [0.29, 0.717) is 17.8 Å². The maximum absolute atomic E-state index is 12.5. The Morgan fingerprint density at radius 2 is 1.96 bits per heavy atom. The molecule has 27 heavy (non-hydrogen) atoms. The molecule has 2 heterocycles. The minimum Gasteiger partial charge on any atom is -0.338 e. The van der Waals surface area contributed by atoms with E-state index >= 15 is 0 Å². The molecule has 0 unspecified atom stereocenters. The quantitative estimate of drug-likeness (QED) is 0.698. The molecular formula is C16H21N3O6S2. The number of nitrogens with zero attached hydrogens (tertiary/aromatic N) is 1. The first-order chi connectivity index (χ1) is 12.5. The van der Waals surface area contributed by atoms with Gasteiger partial charge in [-0.25, -0.2) is 16.8 Å². The fourth-order valence-electron chi connectivity index (χ4n) is 3.40. The van der Waals surface area contributed by atoms with Gasteiger partial charge in [0.2, 0.25) is 21.8 Å². The Kier molecular flexibility index (Phi) is 5.17. The van der Waals surface area contributed by atoms with E-state index in [2.05, 4.69) is 10.0 Å². The lowest BCUT2D eigenvalue weighted by molar-refractivity contribution is -0.129. The van der Waals surface area contributed by atoms with E-state index in [-0.39, 0.29) is 42.3 Å². The second-order valence-electron chi connectivity index (χ2n) is 6.95. The van der Waals surface area contributed by atoms with Gasteiger partial charge in [-0.2, -0.15) is 0 Å². The molecule has 9 nitrogen and oxygen atoms in total. The lowest BCUT2D eigenvalue weighted by Gasteiger charge is -2.23. The van der Waals surface area contributed by atoms with Crippen LogP contribution in [0.4, 0.5) is 11.4 Å². The molecular weight excluding hydrogens is 394 g/mol. The first kappa shape index (κ1) is 19.6. The van der Waals surface area contributed by atoms with Crippen LogP contribution in [0.5, 0.6) is 0 Å². The summed E-state index contributed by atoms with van der Waals surface area (Å²) in [4.78, 5) is 26.2. The van der Waals surface area contributed by atoms with Crippen molar-refractivity contribution in [1.29, 1.82) is 0 Å². The average Bonchev–Trinajstić information content (AvgIpc) is 3.08. The number of hydrogen-bond donors (Lipinski definition) is 2. The van der Waals surface area contributed by atoms with Crippen LogP contribution in [-0.2, 0) is 29.4 Å². The zero-order chi connectivity index (χ0) is 19.8. The molecule has 2 saturated heterocycles. The van der Waals surface area contributed by atoms with Gasteiger partial charge in [0.1, 0.15) is 0 Å². The standard InChI is InChI=1S/C16H21N3O6S2/c1-26(22,23)18-13-4-2-3-12(8-13)17-16(21)11-7-15(20)19(9-11)14-5-6-27(24,25)10-14/h2-4,8,11,14,18H,5-7,9-10H2,1H3,(H,17,21)/t11-,14+/m1/s1. The molecule has 1 aromatic rings. The van der Waals surface area contributed by atoms with Crippen LogP contribution in [0.2, 0.25) is 0 Å². The molecule has 2 fully saturated rings. The number of carbonyl (C=O) groups is 2. The van der Waals surface area contributed by atoms with Gasteiger partial charge < -0.3 is 10.2 Å². The summed E-state index contributed by atoms with van der Waals surface area (Å²) in [6.45, 7) is 0.187. The molecule has 0 aliphatic carbocycles. The second kappa shape index (κ2) is 7.12. The van der Waals surface area contributed by atoms with E-state index in [9.17, 15) is 26.4 Å². The van der Waals surface area contributed by atoms with Crippen molar-refractivity contribution in [3.05, 3.63) is 24.3 Å². The highest BCUT2D eigenvalue weighted by Gasteiger charge is 2.41. The smallest absolute Gasteiger partial charge is 0.229 e. The van der Waals surface area contributed by atoms with Crippen LogP contribution in [0.15, 0.2) is 24.3 Å². The normalized spacial score (nSPS) is 24.8. The Morgan fingerprint density at radius 3 is 2.59 bits per heavy atom. The summed E-state index contributed by atoms with van der Waals surface area (Å²) in [7, 11) is -6.55. The Balaban J connectivity index is 1.64. The number of rotatable bonds is 5. The highest BCUT2D eigenvalue weighted by atomic mass is 32.2. The number of benzene rings is 1. The van der Waals surface area contributed by atoms with Gasteiger partial charge in [-0.1, -0.05) is 6.07 Å². The van der Waals surface area contributed by atoms with Crippen LogP contribution in [0.1, 0.15) is 12.8 Å². The van der Waals surface area contributed by atoms with Crippen molar-refractivity contribution in [3.63, 3.8) is 0 Å². The first-order valence-electron chi connectivity index (χ1n) is 8.41. The number of anilines is 2. The molecule has 2 N–H and O–H groups in total. The predicted octanol–water partition coefficient (Wildman–Crippen LogP) is 0.0322. The van der Waals surface area contributed by atoms with E-state index in [4.69, 9.17) is 0 Å². The molecule has 2 amide bonds. The number of amides is 2. The summed E-state index contributed by atoms with van der Waals surface area (Å²) in [6, 6.07) is 5.89. The highest BCUT2D eigenvalue weighted by Crippen LogP contribution is 2.27. The van der Waals surface area contributed by atoms with Crippen molar-refractivity contribution in [1.82, 2.24) is 4.90 Å². The van der Waals surface area contributed by atoms with Crippen molar-refractivity contribution in [3.8, 4) is 0 Å². The largest absolute Gasteiger partial charge is 0.338 e. The molecule has 0 spiro atoms. The van der Waals surface area contributed by atoms with Gasteiger partial charge >= 0.3 is 0 Å². The Morgan fingerprint density at radius 1 is 1.26 bits per heavy atom. The number of hydrogen-bond acceptors (Lipinski definition) is 6. The van der Waals surface area contributed by atoms with E-state index < -0.39 is 25.8 Å². The van der Waals surface area contributed by atoms with Crippen LogP contribution in [0.25, 0.3) is 0 Å². The summed E-state index contributed by atoms with van der Waals surface area (Å²) in [5.74, 6) is -1.13. The second-order valence-corrected chi connectivity index (χ2v) is 10.9. The maximum atomic E-state index is 12.5. The van der Waals surface area contributed by atoms with E-state index in [1.165, 1.54) is 11.0 Å². The zero-order valence-corrected chi connectivity index (χ0v) is 16.3. The zero-order valence-electron chi connectivity index (χ0n) is 14.7. The minimum atomic E-state index is -3.43. The molecule has 0 aromatic heterocycles. The third-order valence-electron chi connectivity index (χ3n) is 4.61. The predicted molar refractivity (Wildman–Crippen MR) is 100 cm³/mol. The van der Waals surface area contributed by atoms with Gasteiger partial charge in [0, 0.05) is 24.7 Å². The first-order valence-corrected chi connectivity index (χ1v) is 12.1. The molecule has 1 aromatic carbocycles. The number of nitrogens with one attached hydrogen (secondary N) is 2. The lowest BCUT2D eigenvalue weighted by atomic mass is 10.1. The summed E-state index contributed by atoms with van der Waals surface area (Å²) in [6.07, 6.45) is 1.46. The van der Waals surface area contributed by atoms with Crippen molar-refractivity contribution in [2.75, 3.05) is 34.3 Å². The minimum absolute atomic E-state index is 0.0314. The highest BCUT2D eigenvalue weighted by molar-refractivity contribution is 7.92. The van der Waals surface area contributed by atoms with Crippen molar-refractivity contribution < 1.29 is 26.4 Å². The Labute approximate surface area is 158 Å². The van der Waals surface area contributed by atoms with Crippen LogP contribution in [-0.4, -0.2) is 63.9 Å². The van der Waals surface area contributed by atoms with Gasteiger partial charge in [-0.15, -0.1) is 0 Å². The van der Waals surface area contributed by atoms with Crippen LogP contribution in [0, 0.1) is 5.92 Å². The SMILES string of the molecule is CS(=O)(=O)Nc1cccc(NC(=O)[C@@H]2CC(=O)N([C@H]3CCS(=O)(=O)C3)C2)c1. The maximum Gasteiger partial charge on any atom is 0.229 e. The van der Waals surface area contributed by atoms with Crippen molar-refractivity contribution in [2.45, 2.75) is 18.9 Å². The Hall–Kier alpha value is -2.14.